The van der Waals surface area contributed by atoms with Crippen LogP contribution >= 0.6 is 11.6 Å². The lowest BCUT2D eigenvalue weighted by Gasteiger charge is -2.40. The topological polar surface area (TPSA) is 112 Å². The Bertz CT molecular complexity index is 979. The molecule has 1 amide bonds. The SMILES string of the molecule is C=CC(=O)N(C)[C@H]1C[C@H](Oc2nc(Nc3cn[nH]c3)nc3[nH]cc(Cl)c23)C1. The summed E-state index contributed by atoms with van der Waals surface area (Å²) in [5.74, 6) is 0.675. The highest BCUT2D eigenvalue weighted by atomic mass is 35.5. The first-order chi connectivity index (χ1) is 13.0. The van der Waals surface area contributed by atoms with E-state index >= 15 is 0 Å². The molecule has 4 rings (SSSR count). The maximum absolute atomic E-state index is 11.7. The first kappa shape index (κ1) is 17.3. The Morgan fingerprint density at radius 1 is 1.44 bits per heavy atom. The van der Waals surface area contributed by atoms with Gasteiger partial charge in [-0.25, -0.2) is 0 Å². The molecule has 1 saturated carbocycles. The van der Waals surface area contributed by atoms with Crippen LogP contribution in [0, 0.1) is 0 Å². The molecule has 1 aliphatic rings. The second-order valence-corrected chi connectivity index (χ2v) is 6.75. The van der Waals surface area contributed by atoms with E-state index in [2.05, 4.69) is 37.0 Å². The molecule has 0 radical (unpaired) electrons. The molecule has 0 atom stereocenters. The highest BCUT2D eigenvalue weighted by Gasteiger charge is 2.36. The zero-order valence-electron chi connectivity index (χ0n) is 14.6. The fraction of sp³-hybridized carbons (Fsp3) is 0.294. The largest absolute Gasteiger partial charge is 0.474 e. The highest BCUT2D eigenvalue weighted by Crippen LogP contribution is 2.35. The van der Waals surface area contributed by atoms with Crippen molar-refractivity contribution in [3.63, 3.8) is 0 Å². The second-order valence-electron chi connectivity index (χ2n) is 6.34. The van der Waals surface area contributed by atoms with E-state index in [1.54, 1.807) is 30.5 Å². The van der Waals surface area contributed by atoms with Gasteiger partial charge in [0.15, 0.2) is 0 Å². The van der Waals surface area contributed by atoms with Crippen molar-refractivity contribution in [1.29, 1.82) is 0 Å². The van der Waals surface area contributed by atoms with Gasteiger partial charge in [-0.2, -0.15) is 15.1 Å². The van der Waals surface area contributed by atoms with Crippen molar-refractivity contribution >= 4 is 40.2 Å². The Hall–Kier alpha value is -3.07. The van der Waals surface area contributed by atoms with Crippen LogP contribution in [-0.4, -0.2) is 55.1 Å². The number of fused-ring (bicyclic) bond motifs is 1. The van der Waals surface area contributed by atoms with E-state index in [1.807, 2.05) is 0 Å². The molecular weight excluding hydrogens is 370 g/mol. The minimum absolute atomic E-state index is 0.0547. The Kier molecular flexibility index (Phi) is 4.44. The molecule has 140 valence electrons. The summed E-state index contributed by atoms with van der Waals surface area (Å²) in [6, 6.07) is 0.128. The fourth-order valence-corrected chi connectivity index (χ4v) is 3.21. The molecule has 0 aromatic carbocycles. The van der Waals surface area contributed by atoms with E-state index in [4.69, 9.17) is 16.3 Å². The first-order valence-corrected chi connectivity index (χ1v) is 8.79. The summed E-state index contributed by atoms with van der Waals surface area (Å²) in [7, 11) is 1.77. The van der Waals surface area contributed by atoms with Crippen LogP contribution in [-0.2, 0) is 4.79 Å². The average molecular weight is 388 g/mol. The molecule has 1 fully saturated rings. The molecule has 0 unspecified atom stereocenters. The van der Waals surface area contributed by atoms with Crippen LogP contribution in [0.25, 0.3) is 11.0 Å². The number of ether oxygens (including phenoxy) is 1. The van der Waals surface area contributed by atoms with Crippen LogP contribution in [0.3, 0.4) is 0 Å². The normalized spacial score (nSPS) is 18.7. The number of rotatable bonds is 6. The summed E-state index contributed by atoms with van der Waals surface area (Å²) in [4.78, 5) is 25.3. The zero-order chi connectivity index (χ0) is 19.0. The Balaban J connectivity index is 1.53. The predicted molar refractivity (Wildman–Crippen MR) is 101 cm³/mol. The summed E-state index contributed by atoms with van der Waals surface area (Å²) in [6.07, 6.45) is 7.66. The molecule has 27 heavy (non-hydrogen) atoms. The van der Waals surface area contributed by atoms with E-state index in [0.717, 1.165) is 5.69 Å². The molecule has 0 aliphatic heterocycles. The number of aromatic amines is 2. The number of likely N-dealkylation sites (N-methyl/N-ethyl adjacent to an activating group) is 1. The van der Waals surface area contributed by atoms with Crippen LogP contribution in [0.5, 0.6) is 5.88 Å². The van der Waals surface area contributed by atoms with Crippen molar-refractivity contribution < 1.29 is 9.53 Å². The van der Waals surface area contributed by atoms with E-state index in [9.17, 15) is 4.79 Å². The van der Waals surface area contributed by atoms with Crippen LogP contribution < -0.4 is 10.1 Å². The molecule has 0 spiro atoms. The molecule has 3 heterocycles. The number of aromatic nitrogens is 5. The molecular formula is C17H18ClN7O2. The fourth-order valence-electron chi connectivity index (χ4n) is 2.99. The molecule has 10 heteroatoms. The minimum Gasteiger partial charge on any atom is -0.474 e. The lowest BCUT2D eigenvalue weighted by Crippen LogP contribution is -2.49. The van der Waals surface area contributed by atoms with Crippen molar-refractivity contribution in [1.82, 2.24) is 30.0 Å². The number of amides is 1. The highest BCUT2D eigenvalue weighted by molar-refractivity contribution is 6.35. The summed E-state index contributed by atoms with van der Waals surface area (Å²) >= 11 is 6.27. The van der Waals surface area contributed by atoms with Crippen molar-refractivity contribution in [2.45, 2.75) is 25.0 Å². The molecule has 9 nitrogen and oxygen atoms in total. The molecule has 3 aromatic rings. The molecule has 0 bridgehead atoms. The Morgan fingerprint density at radius 2 is 2.26 bits per heavy atom. The van der Waals surface area contributed by atoms with Crippen LogP contribution in [0.15, 0.2) is 31.2 Å². The molecule has 1 aliphatic carbocycles. The number of carbonyl (C=O) groups is 1. The minimum atomic E-state index is -0.0943. The third-order valence-corrected chi connectivity index (χ3v) is 4.92. The van der Waals surface area contributed by atoms with Gasteiger partial charge in [-0.05, 0) is 6.08 Å². The summed E-state index contributed by atoms with van der Waals surface area (Å²) in [6.45, 7) is 3.52. The van der Waals surface area contributed by atoms with Gasteiger partial charge in [0.1, 0.15) is 11.8 Å². The van der Waals surface area contributed by atoms with Gasteiger partial charge in [-0.3, -0.25) is 9.89 Å². The third kappa shape index (κ3) is 3.33. The summed E-state index contributed by atoms with van der Waals surface area (Å²) < 4.78 is 6.07. The van der Waals surface area contributed by atoms with Crippen LogP contribution in [0.2, 0.25) is 5.02 Å². The van der Waals surface area contributed by atoms with Gasteiger partial charge in [0.05, 0.1) is 22.3 Å². The van der Waals surface area contributed by atoms with Gasteiger partial charge in [0.25, 0.3) is 0 Å². The Morgan fingerprint density at radius 3 is 2.96 bits per heavy atom. The number of anilines is 2. The monoisotopic (exact) mass is 387 g/mol. The molecule has 3 aromatic heterocycles. The zero-order valence-corrected chi connectivity index (χ0v) is 15.3. The lowest BCUT2D eigenvalue weighted by molar-refractivity contribution is -0.130. The summed E-state index contributed by atoms with van der Waals surface area (Å²) in [5, 5.41) is 10.8. The number of hydrogen-bond donors (Lipinski definition) is 3. The van der Waals surface area contributed by atoms with Crippen molar-refractivity contribution in [2.24, 2.45) is 0 Å². The maximum atomic E-state index is 11.7. The van der Waals surface area contributed by atoms with Crippen molar-refractivity contribution in [3.05, 3.63) is 36.3 Å². The number of hydrogen-bond acceptors (Lipinski definition) is 6. The number of nitrogens with one attached hydrogen (secondary N) is 3. The predicted octanol–water partition coefficient (Wildman–Crippen LogP) is 2.63. The van der Waals surface area contributed by atoms with Crippen LogP contribution in [0.1, 0.15) is 12.8 Å². The van der Waals surface area contributed by atoms with Gasteiger partial charge >= 0.3 is 0 Å². The van der Waals surface area contributed by atoms with Gasteiger partial charge in [0.2, 0.25) is 17.7 Å². The van der Waals surface area contributed by atoms with E-state index in [0.29, 0.717) is 40.7 Å². The number of nitrogens with zero attached hydrogens (tertiary/aromatic N) is 4. The Labute approximate surface area is 159 Å². The third-order valence-electron chi connectivity index (χ3n) is 4.62. The van der Waals surface area contributed by atoms with Crippen molar-refractivity contribution in [3.8, 4) is 5.88 Å². The lowest BCUT2D eigenvalue weighted by atomic mass is 9.88. The standard InChI is InChI=1S/C17H18ClN7O2/c1-3-13(26)25(2)10-4-11(5-10)27-16-14-12(18)8-19-15(14)23-17(24-16)22-9-6-20-21-7-9/h3,6-8,10-11H,1,4-5H2,2H3,(H,20,21)(H2,19,22,23,24)/t10-,11-. The van der Waals surface area contributed by atoms with Gasteiger partial charge < -0.3 is 19.9 Å². The summed E-state index contributed by atoms with van der Waals surface area (Å²) in [5.41, 5.74) is 1.30. The van der Waals surface area contributed by atoms with E-state index in [-0.39, 0.29) is 18.1 Å². The maximum Gasteiger partial charge on any atom is 0.245 e. The average Bonchev–Trinajstić information content (AvgIpc) is 3.26. The van der Waals surface area contributed by atoms with E-state index < -0.39 is 0 Å². The van der Waals surface area contributed by atoms with Crippen molar-refractivity contribution in [2.75, 3.05) is 12.4 Å². The number of carbonyl (C=O) groups excluding carboxylic acids is 1. The number of H-pyrrole nitrogens is 2. The quantitative estimate of drug-likeness (QED) is 0.560. The number of halogens is 1. The van der Waals surface area contributed by atoms with E-state index in [1.165, 1.54) is 6.08 Å². The first-order valence-electron chi connectivity index (χ1n) is 8.41. The molecule has 3 N–H and O–H groups in total. The second kappa shape index (κ2) is 6.92. The van der Waals surface area contributed by atoms with Crippen LogP contribution in [0.4, 0.5) is 11.6 Å². The van der Waals surface area contributed by atoms with Gasteiger partial charge in [0, 0.05) is 38.3 Å². The van der Waals surface area contributed by atoms with Gasteiger partial charge in [-0.1, -0.05) is 18.2 Å². The van der Waals surface area contributed by atoms with Gasteiger partial charge in [-0.15, -0.1) is 0 Å². The molecule has 0 saturated heterocycles. The smallest absolute Gasteiger partial charge is 0.245 e.